The van der Waals surface area contributed by atoms with Crippen LogP contribution in [0.2, 0.25) is 5.02 Å². The van der Waals surface area contributed by atoms with Crippen LogP contribution >= 0.6 is 11.6 Å². The van der Waals surface area contributed by atoms with Gasteiger partial charge in [-0.25, -0.2) is 0 Å². The number of hydrogen-bond acceptors (Lipinski definition) is 3. The number of rotatable bonds is 6. The van der Waals surface area contributed by atoms with E-state index in [1.807, 2.05) is 61.5 Å². The van der Waals surface area contributed by atoms with Crippen LogP contribution in [0, 0.1) is 6.92 Å². The summed E-state index contributed by atoms with van der Waals surface area (Å²) in [6, 6.07) is 20.6. The number of aliphatic hydroxyl groups is 1. The summed E-state index contributed by atoms with van der Waals surface area (Å²) in [5.74, 6) is -0.0830. The summed E-state index contributed by atoms with van der Waals surface area (Å²) in [5, 5.41) is 12.9. The van der Waals surface area contributed by atoms with Crippen LogP contribution < -0.4 is 5.32 Å². The van der Waals surface area contributed by atoms with Gasteiger partial charge in [-0.1, -0.05) is 54.1 Å². The van der Waals surface area contributed by atoms with E-state index in [1.54, 1.807) is 12.1 Å². The Balaban J connectivity index is 1.87. The van der Waals surface area contributed by atoms with Crippen molar-refractivity contribution >= 4 is 28.8 Å². The Bertz CT molecular complexity index is 937. The lowest BCUT2D eigenvalue weighted by Crippen LogP contribution is -2.05. The largest absolute Gasteiger partial charge is 0.396 e. The number of anilines is 2. The zero-order valence-corrected chi connectivity index (χ0v) is 15.3. The lowest BCUT2D eigenvalue weighted by atomic mass is 9.99. The summed E-state index contributed by atoms with van der Waals surface area (Å²) < 4.78 is 0. The molecule has 132 valence electrons. The molecule has 2 N–H and O–H groups in total. The predicted octanol–water partition coefficient (Wildman–Crippen LogP) is 5.16. The molecule has 3 rings (SSSR count). The van der Waals surface area contributed by atoms with Gasteiger partial charge in [0.1, 0.15) is 0 Å². The molecule has 0 aromatic heterocycles. The highest BCUT2D eigenvalue weighted by Gasteiger charge is 2.15. The van der Waals surface area contributed by atoms with Gasteiger partial charge in [-0.15, -0.1) is 0 Å². The third-order valence-electron chi connectivity index (χ3n) is 4.28. The number of hydrogen-bond donors (Lipinski definition) is 2. The number of aliphatic hydroxyl groups excluding tert-OH is 1. The fraction of sp³-hybridized carbons (Fsp3) is 0.136. The standard InChI is InChI=1S/C22H20ClNO2/c1-15-6-2-4-8-18(15)22(26)19-11-10-17(14-20(19)23)24-21-9-5-3-7-16(21)12-13-25/h2-11,14,24-25H,12-13H2,1H3. The Kier molecular flexibility index (Phi) is 5.71. The number of benzene rings is 3. The highest BCUT2D eigenvalue weighted by Crippen LogP contribution is 2.27. The molecule has 0 amide bonds. The molecule has 0 aliphatic carbocycles. The van der Waals surface area contributed by atoms with Gasteiger partial charge in [-0.2, -0.15) is 0 Å². The third-order valence-corrected chi connectivity index (χ3v) is 4.59. The summed E-state index contributed by atoms with van der Waals surface area (Å²) in [7, 11) is 0. The quantitative estimate of drug-likeness (QED) is 0.593. The lowest BCUT2D eigenvalue weighted by Gasteiger charge is -2.13. The number of ketones is 1. The van der Waals surface area contributed by atoms with Crippen molar-refractivity contribution in [3.63, 3.8) is 0 Å². The lowest BCUT2D eigenvalue weighted by molar-refractivity contribution is 0.103. The van der Waals surface area contributed by atoms with E-state index in [-0.39, 0.29) is 12.4 Å². The highest BCUT2D eigenvalue weighted by molar-refractivity contribution is 6.35. The SMILES string of the molecule is Cc1ccccc1C(=O)c1ccc(Nc2ccccc2CCO)cc1Cl. The van der Waals surface area contributed by atoms with Gasteiger partial charge >= 0.3 is 0 Å². The van der Waals surface area contributed by atoms with Crippen LogP contribution in [0.4, 0.5) is 11.4 Å². The Morgan fingerprint density at radius 2 is 1.73 bits per heavy atom. The van der Waals surface area contributed by atoms with Crippen LogP contribution in [0.1, 0.15) is 27.0 Å². The van der Waals surface area contributed by atoms with E-state index in [2.05, 4.69) is 5.32 Å². The Morgan fingerprint density at radius 1 is 1.00 bits per heavy atom. The number of aryl methyl sites for hydroxylation is 1. The number of nitrogens with one attached hydrogen (secondary N) is 1. The average molecular weight is 366 g/mol. The van der Waals surface area contributed by atoms with Gasteiger partial charge in [0.2, 0.25) is 0 Å². The van der Waals surface area contributed by atoms with E-state index in [9.17, 15) is 9.90 Å². The molecule has 0 heterocycles. The van der Waals surface area contributed by atoms with Crippen LogP contribution in [0.3, 0.4) is 0 Å². The van der Waals surface area contributed by atoms with Gasteiger partial charge in [-0.05, 0) is 48.7 Å². The number of para-hydroxylation sites is 1. The van der Waals surface area contributed by atoms with Crippen LogP contribution in [-0.2, 0) is 6.42 Å². The molecule has 26 heavy (non-hydrogen) atoms. The molecule has 4 heteroatoms. The van der Waals surface area contributed by atoms with Gasteiger partial charge in [0, 0.05) is 29.1 Å². The molecular weight excluding hydrogens is 346 g/mol. The Morgan fingerprint density at radius 3 is 2.46 bits per heavy atom. The fourth-order valence-electron chi connectivity index (χ4n) is 2.89. The van der Waals surface area contributed by atoms with E-state index in [0.717, 1.165) is 22.5 Å². The van der Waals surface area contributed by atoms with Crippen molar-refractivity contribution in [1.82, 2.24) is 0 Å². The topological polar surface area (TPSA) is 49.3 Å². The minimum atomic E-state index is -0.0830. The minimum Gasteiger partial charge on any atom is -0.396 e. The third kappa shape index (κ3) is 3.96. The van der Waals surface area contributed by atoms with Gasteiger partial charge < -0.3 is 10.4 Å². The first-order valence-electron chi connectivity index (χ1n) is 8.46. The zero-order chi connectivity index (χ0) is 18.5. The Labute approximate surface area is 158 Å². The van der Waals surface area contributed by atoms with Crippen molar-refractivity contribution in [3.05, 3.63) is 94.0 Å². The molecule has 0 fully saturated rings. The molecule has 3 aromatic carbocycles. The molecule has 3 nitrogen and oxygen atoms in total. The zero-order valence-electron chi connectivity index (χ0n) is 14.5. The number of halogens is 1. The van der Waals surface area contributed by atoms with E-state index in [1.165, 1.54) is 0 Å². The van der Waals surface area contributed by atoms with Crippen LogP contribution in [0.5, 0.6) is 0 Å². The molecular formula is C22H20ClNO2. The smallest absolute Gasteiger partial charge is 0.194 e. The van der Waals surface area contributed by atoms with E-state index >= 15 is 0 Å². The van der Waals surface area contributed by atoms with E-state index in [0.29, 0.717) is 22.6 Å². The maximum atomic E-state index is 12.8. The second-order valence-electron chi connectivity index (χ2n) is 6.09. The van der Waals surface area contributed by atoms with Gasteiger partial charge in [0.25, 0.3) is 0 Å². The van der Waals surface area contributed by atoms with Crippen molar-refractivity contribution in [1.29, 1.82) is 0 Å². The van der Waals surface area contributed by atoms with Crippen molar-refractivity contribution in [2.24, 2.45) is 0 Å². The molecule has 0 saturated heterocycles. The van der Waals surface area contributed by atoms with E-state index in [4.69, 9.17) is 11.6 Å². The first kappa shape index (κ1) is 18.2. The predicted molar refractivity (Wildman–Crippen MR) is 107 cm³/mol. The van der Waals surface area contributed by atoms with Crippen LogP contribution in [0.25, 0.3) is 0 Å². The average Bonchev–Trinajstić information content (AvgIpc) is 2.64. The maximum Gasteiger partial charge on any atom is 0.194 e. The van der Waals surface area contributed by atoms with E-state index < -0.39 is 0 Å². The second kappa shape index (κ2) is 8.17. The first-order chi connectivity index (χ1) is 12.6. The van der Waals surface area contributed by atoms with Crippen LogP contribution in [0.15, 0.2) is 66.7 Å². The van der Waals surface area contributed by atoms with Crippen LogP contribution in [-0.4, -0.2) is 17.5 Å². The molecule has 0 atom stereocenters. The van der Waals surface area contributed by atoms with Gasteiger partial charge in [0.05, 0.1) is 5.02 Å². The fourth-order valence-corrected chi connectivity index (χ4v) is 3.15. The summed E-state index contributed by atoms with van der Waals surface area (Å²) in [5.41, 5.74) is 4.79. The van der Waals surface area contributed by atoms with Crippen molar-refractivity contribution in [2.45, 2.75) is 13.3 Å². The molecule has 0 radical (unpaired) electrons. The number of carbonyl (C=O) groups excluding carboxylic acids is 1. The minimum absolute atomic E-state index is 0.0830. The molecule has 3 aromatic rings. The summed E-state index contributed by atoms with van der Waals surface area (Å²) in [4.78, 5) is 12.8. The highest BCUT2D eigenvalue weighted by atomic mass is 35.5. The maximum absolute atomic E-state index is 12.8. The normalized spacial score (nSPS) is 10.6. The molecule has 0 saturated carbocycles. The van der Waals surface area contributed by atoms with Gasteiger partial charge in [-0.3, -0.25) is 4.79 Å². The summed E-state index contributed by atoms with van der Waals surface area (Å²) >= 11 is 6.39. The van der Waals surface area contributed by atoms with Crippen molar-refractivity contribution in [2.75, 3.05) is 11.9 Å². The Hall–Kier alpha value is -2.62. The first-order valence-corrected chi connectivity index (χ1v) is 8.83. The molecule has 0 unspecified atom stereocenters. The summed E-state index contributed by atoms with van der Waals surface area (Å²) in [6.07, 6.45) is 0.570. The second-order valence-corrected chi connectivity index (χ2v) is 6.50. The van der Waals surface area contributed by atoms with Gasteiger partial charge in [0.15, 0.2) is 5.78 Å². The molecule has 0 aliphatic rings. The van der Waals surface area contributed by atoms with Crippen molar-refractivity contribution < 1.29 is 9.90 Å². The van der Waals surface area contributed by atoms with Crippen molar-refractivity contribution in [3.8, 4) is 0 Å². The summed E-state index contributed by atoms with van der Waals surface area (Å²) in [6.45, 7) is 2.00. The number of carbonyl (C=O) groups is 1. The monoisotopic (exact) mass is 365 g/mol. The molecule has 0 spiro atoms. The molecule has 0 bridgehead atoms. The molecule has 0 aliphatic heterocycles.